The molecule has 0 saturated heterocycles. The van der Waals surface area contributed by atoms with E-state index in [0.29, 0.717) is 40.5 Å². The van der Waals surface area contributed by atoms with E-state index in [1.54, 1.807) is 13.2 Å². The lowest BCUT2D eigenvalue weighted by Gasteiger charge is -2.21. The molecule has 0 spiro atoms. The molecule has 3 rings (SSSR count). The third-order valence-electron chi connectivity index (χ3n) is 7.30. The van der Waals surface area contributed by atoms with Crippen molar-refractivity contribution in [2.45, 2.75) is 71.1 Å². The number of carboxylic acids is 1. The third kappa shape index (κ3) is 9.54. The Morgan fingerprint density at radius 2 is 1.36 bits per heavy atom. The molecule has 226 valence electrons. The normalized spacial score (nSPS) is 10.7. The molecular formula is C35H45NO6. The largest absolute Gasteiger partial charge is 0.497 e. The van der Waals surface area contributed by atoms with Gasteiger partial charge in [-0.15, -0.1) is 0 Å². The number of methoxy groups -OCH3 is 2. The van der Waals surface area contributed by atoms with Crippen molar-refractivity contribution >= 4 is 11.9 Å². The maximum absolute atomic E-state index is 13.6. The average molecular weight is 576 g/mol. The molecule has 0 fully saturated rings. The van der Waals surface area contributed by atoms with Gasteiger partial charge in [0.1, 0.15) is 17.2 Å². The SMILES string of the molecule is CCCCCCCCCCCCNC(=O)c1cc(-c2ccc(OC)cc2)c(OCC(=O)O)c(-c2ccccc2)c1OC. The molecule has 2 N–H and O–H groups in total. The minimum Gasteiger partial charge on any atom is -0.497 e. The Hall–Kier alpha value is -4.00. The summed E-state index contributed by atoms with van der Waals surface area (Å²) in [6, 6.07) is 18.5. The standard InChI is InChI=1S/C35H45NO6/c1-4-5-6-7-8-9-10-11-12-16-23-36-35(39)30-24-29(26-19-21-28(40-2)22-20-26)34(42-25-31(37)38)32(33(30)41-3)27-17-14-13-15-18-27/h13-15,17-22,24H,4-12,16,23,25H2,1-3H3,(H,36,39)(H,37,38). The fourth-order valence-electron chi connectivity index (χ4n) is 5.07. The molecule has 0 saturated carbocycles. The number of rotatable bonds is 19. The number of aliphatic carboxylic acids is 1. The number of carbonyl (C=O) groups is 2. The molecule has 0 aliphatic carbocycles. The molecule has 3 aromatic carbocycles. The summed E-state index contributed by atoms with van der Waals surface area (Å²) in [5.74, 6) is -0.0132. The fourth-order valence-corrected chi connectivity index (χ4v) is 5.07. The first-order valence-corrected chi connectivity index (χ1v) is 15.1. The van der Waals surface area contributed by atoms with Crippen molar-refractivity contribution < 1.29 is 28.9 Å². The maximum atomic E-state index is 13.6. The summed E-state index contributed by atoms with van der Waals surface area (Å²) in [4.78, 5) is 25.1. The van der Waals surface area contributed by atoms with Gasteiger partial charge in [0.25, 0.3) is 5.91 Å². The molecule has 0 aliphatic heterocycles. The molecule has 0 unspecified atom stereocenters. The Bertz CT molecular complexity index is 1260. The van der Waals surface area contributed by atoms with Gasteiger partial charge in [-0.3, -0.25) is 4.79 Å². The molecule has 0 aromatic heterocycles. The quantitative estimate of drug-likeness (QED) is 0.140. The molecule has 42 heavy (non-hydrogen) atoms. The molecule has 3 aromatic rings. The van der Waals surface area contributed by atoms with Gasteiger partial charge in [0.05, 0.1) is 25.3 Å². The van der Waals surface area contributed by atoms with Gasteiger partial charge in [0, 0.05) is 12.1 Å². The van der Waals surface area contributed by atoms with Crippen LogP contribution in [0.1, 0.15) is 81.5 Å². The van der Waals surface area contributed by atoms with E-state index in [2.05, 4.69) is 12.2 Å². The number of carboxylic acid groups (broad SMARTS) is 1. The zero-order chi connectivity index (χ0) is 30.2. The highest BCUT2D eigenvalue weighted by atomic mass is 16.5. The van der Waals surface area contributed by atoms with Crippen LogP contribution >= 0.6 is 0 Å². The fraction of sp³-hybridized carbons (Fsp3) is 0.429. The topological polar surface area (TPSA) is 94.1 Å². The molecule has 7 heteroatoms. The molecule has 0 aliphatic rings. The van der Waals surface area contributed by atoms with Crippen molar-refractivity contribution in [3.05, 3.63) is 66.2 Å². The first kappa shape index (κ1) is 32.5. The Kier molecular flexibility index (Phi) is 13.7. The van der Waals surface area contributed by atoms with Gasteiger partial charge < -0.3 is 24.6 Å². The molecule has 0 atom stereocenters. The molecule has 0 radical (unpaired) electrons. The summed E-state index contributed by atoms with van der Waals surface area (Å²) in [6.45, 7) is 2.26. The summed E-state index contributed by atoms with van der Waals surface area (Å²) in [5, 5.41) is 12.5. The van der Waals surface area contributed by atoms with Gasteiger partial charge in [0.2, 0.25) is 0 Å². The Morgan fingerprint density at radius 3 is 1.93 bits per heavy atom. The monoisotopic (exact) mass is 575 g/mol. The second kappa shape index (κ2) is 17.7. The van der Waals surface area contributed by atoms with Crippen LogP contribution in [-0.2, 0) is 4.79 Å². The van der Waals surface area contributed by atoms with Crippen molar-refractivity contribution in [1.82, 2.24) is 5.32 Å². The zero-order valence-electron chi connectivity index (χ0n) is 25.2. The number of ether oxygens (including phenoxy) is 3. The zero-order valence-corrected chi connectivity index (χ0v) is 25.2. The molecular weight excluding hydrogens is 530 g/mol. The highest BCUT2D eigenvalue weighted by Crippen LogP contribution is 2.47. The van der Waals surface area contributed by atoms with Crippen LogP contribution in [0, 0.1) is 0 Å². The van der Waals surface area contributed by atoms with Crippen molar-refractivity contribution in [3.8, 4) is 39.5 Å². The Labute approximate surface area is 250 Å². The van der Waals surface area contributed by atoms with Crippen molar-refractivity contribution in [2.24, 2.45) is 0 Å². The van der Waals surface area contributed by atoms with Crippen LogP contribution in [-0.4, -0.2) is 44.4 Å². The number of benzene rings is 3. The number of nitrogens with one attached hydrogen (secondary N) is 1. The van der Waals surface area contributed by atoms with Gasteiger partial charge in [-0.1, -0.05) is 107 Å². The van der Waals surface area contributed by atoms with Crippen LogP contribution in [0.4, 0.5) is 0 Å². The van der Waals surface area contributed by atoms with E-state index in [9.17, 15) is 14.7 Å². The van der Waals surface area contributed by atoms with Gasteiger partial charge in [-0.2, -0.15) is 0 Å². The second-order valence-electron chi connectivity index (χ2n) is 10.4. The minimum atomic E-state index is -1.10. The molecule has 7 nitrogen and oxygen atoms in total. The van der Waals surface area contributed by atoms with Crippen molar-refractivity contribution in [3.63, 3.8) is 0 Å². The predicted molar refractivity (Wildman–Crippen MR) is 168 cm³/mol. The first-order valence-electron chi connectivity index (χ1n) is 15.1. The van der Waals surface area contributed by atoms with Crippen LogP contribution in [0.3, 0.4) is 0 Å². The van der Waals surface area contributed by atoms with Crippen molar-refractivity contribution in [1.29, 1.82) is 0 Å². The van der Waals surface area contributed by atoms with E-state index in [1.807, 2.05) is 54.6 Å². The van der Waals surface area contributed by atoms with Crippen molar-refractivity contribution in [2.75, 3.05) is 27.4 Å². The van der Waals surface area contributed by atoms with E-state index in [1.165, 1.54) is 58.5 Å². The molecule has 0 heterocycles. The van der Waals surface area contributed by atoms with E-state index >= 15 is 0 Å². The maximum Gasteiger partial charge on any atom is 0.341 e. The number of hydrogen-bond donors (Lipinski definition) is 2. The highest BCUT2D eigenvalue weighted by Gasteiger charge is 2.26. The lowest BCUT2D eigenvalue weighted by molar-refractivity contribution is -0.139. The van der Waals surface area contributed by atoms with Crippen LogP contribution in [0.25, 0.3) is 22.3 Å². The number of unbranched alkanes of at least 4 members (excludes halogenated alkanes) is 9. The van der Waals surface area contributed by atoms with E-state index < -0.39 is 12.6 Å². The number of amides is 1. The van der Waals surface area contributed by atoms with E-state index in [0.717, 1.165) is 24.0 Å². The number of hydrogen-bond acceptors (Lipinski definition) is 5. The van der Waals surface area contributed by atoms with Crippen LogP contribution < -0.4 is 19.5 Å². The lowest BCUT2D eigenvalue weighted by atomic mass is 9.92. The summed E-state index contributed by atoms with van der Waals surface area (Å²) in [5.41, 5.74) is 2.96. The van der Waals surface area contributed by atoms with Crippen LogP contribution in [0.5, 0.6) is 17.2 Å². The van der Waals surface area contributed by atoms with Gasteiger partial charge in [-0.05, 0) is 35.7 Å². The Balaban J connectivity index is 1.86. The van der Waals surface area contributed by atoms with E-state index in [4.69, 9.17) is 14.2 Å². The Morgan fingerprint density at radius 1 is 0.738 bits per heavy atom. The molecule has 0 bridgehead atoms. The minimum absolute atomic E-state index is 0.250. The first-order chi connectivity index (χ1) is 20.5. The average Bonchev–Trinajstić information content (AvgIpc) is 3.02. The highest BCUT2D eigenvalue weighted by molar-refractivity contribution is 6.03. The summed E-state index contributed by atoms with van der Waals surface area (Å²) < 4.78 is 17.0. The van der Waals surface area contributed by atoms with Crippen LogP contribution in [0.2, 0.25) is 0 Å². The third-order valence-corrected chi connectivity index (χ3v) is 7.30. The summed E-state index contributed by atoms with van der Waals surface area (Å²) >= 11 is 0. The van der Waals surface area contributed by atoms with Gasteiger partial charge in [-0.25, -0.2) is 4.79 Å². The smallest absolute Gasteiger partial charge is 0.341 e. The van der Waals surface area contributed by atoms with Crippen LogP contribution in [0.15, 0.2) is 60.7 Å². The van der Waals surface area contributed by atoms with Gasteiger partial charge in [0.15, 0.2) is 6.61 Å². The lowest BCUT2D eigenvalue weighted by Crippen LogP contribution is -2.25. The predicted octanol–water partition coefficient (Wildman–Crippen LogP) is 8.15. The van der Waals surface area contributed by atoms with E-state index in [-0.39, 0.29) is 5.91 Å². The summed E-state index contributed by atoms with van der Waals surface area (Å²) in [6.07, 6.45) is 12.2. The van der Waals surface area contributed by atoms with Gasteiger partial charge >= 0.3 is 5.97 Å². The number of carbonyl (C=O) groups excluding carboxylic acids is 1. The summed E-state index contributed by atoms with van der Waals surface area (Å²) in [7, 11) is 3.10. The molecule has 1 amide bonds. The second-order valence-corrected chi connectivity index (χ2v) is 10.4.